The number of nitrogens with zero attached hydrogens (tertiary/aromatic N) is 4. The van der Waals surface area contributed by atoms with Gasteiger partial charge in [-0.2, -0.15) is 24.8 Å². The van der Waals surface area contributed by atoms with Crippen molar-refractivity contribution < 1.29 is 148 Å². The number of Topliss-reactive ketones (excluding diaryl/α,β-unsaturated/α-hetero) is 6. The fourth-order valence-corrected chi connectivity index (χ4v) is 18.9. The van der Waals surface area contributed by atoms with Gasteiger partial charge >= 0.3 is 35.9 Å². The third kappa shape index (κ3) is 40.8. The number of ketones is 6. The van der Waals surface area contributed by atoms with E-state index in [-0.39, 0.29) is 119 Å². The van der Waals surface area contributed by atoms with E-state index in [0.29, 0.717) is 59.6 Å². The van der Waals surface area contributed by atoms with Gasteiger partial charge < -0.3 is 86.3 Å². The van der Waals surface area contributed by atoms with Crippen LogP contribution in [0.3, 0.4) is 0 Å². The maximum Gasteiger partial charge on any atom is 0.407 e. The number of ether oxygens (including phenoxy) is 3. The molecule has 806 valence electrons. The van der Waals surface area contributed by atoms with Crippen molar-refractivity contribution in [1.82, 2.24) is 36.8 Å². The number of oxime groups is 1. The zero-order valence-electron chi connectivity index (χ0n) is 85.9. The van der Waals surface area contributed by atoms with Crippen LogP contribution in [0, 0.1) is 30.6 Å². The molecule has 3 heterocycles. The summed E-state index contributed by atoms with van der Waals surface area (Å²) < 4.78 is 52.9. The first-order valence-corrected chi connectivity index (χ1v) is 52.5. The van der Waals surface area contributed by atoms with E-state index in [4.69, 9.17) is 19.0 Å². The number of thioether (sulfide) groups is 1. The summed E-state index contributed by atoms with van der Waals surface area (Å²) in [5.41, 5.74) is 7.16. The quantitative estimate of drug-likeness (QED) is 0.00624. The number of carbonyl (C=O) groups is 18. The Balaban J connectivity index is 1.16. The lowest BCUT2D eigenvalue weighted by Crippen LogP contribution is -2.52. The van der Waals surface area contributed by atoms with Crippen LogP contribution in [0.5, 0.6) is 0 Å². The average molecular weight is 2090 g/mol. The van der Waals surface area contributed by atoms with E-state index in [2.05, 4.69) is 93.6 Å². The van der Waals surface area contributed by atoms with E-state index in [9.17, 15) is 125 Å². The Kier molecular flexibility index (Phi) is 51.1. The first kappa shape index (κ1) is 123. The van der Waals surface area contributed by atoms with E-state index >= 15 is 0 Å². The van der Waals surface area contributed by atoms with Gasteiger partial charge in [0.1, 0.15) is 38.2 Å². The zero-order valence-corrected chi connectivity index (χ0v) is 87.6. The summed E-state index contributed by atoms with van der Waals surface area (Å²) in [5, 5.41) is 69.1. The third-order valence-corrected chi connectivity index (χ3v) is 27.3. The van der Waals surface area contributed by atoms with E-state index in [1.165, 1.54) is 59.6 Å². The number of likely N-dealkylation sites (tertiary alicyclic amines) is 1. The Hall–Kier alpha value is -12.8. The van der Waals surface area contributed by atoms with Crippen molar-refractivity contribution >= 4 is 151 Å². The Morgan fingerprint density at radius 1 is 0.585 bits per heavy atom. The zero-order chi connectivity index (χ0) is 109. The number of allylic oxidation sites excluding steroid dienone is 8. The summed E-state index contributed by atoms with van der Waals surface area (Å²) in [5.74, 6) is -20.8. The topological polar surface area (TPSA) is 594 Å². The molecule has 3 aliphatic rings. The number of anilines is 1. The number of hydrogen-bond acceptors (Lipinski definition) is 27. The second-order valence-electron chi connectivity index (χ2n) is 38.4. The van der Waals surface area contributed by atoms with Gasteiger partial charge in [-0.15, -0.1) is 0 Å². The van der Waals surface area contributed by atoms with Gasteiger partial charge in [-0.3, -0.25) is 86.1 Å². The molecule has 3 aromatic rings. The van der Waals surface area contributed by atoms with Crippen LogP contribution in [0.25, 0.3) is 0 Å². The Morgan fingerprint density at radius 2 is 1.16 bits per heavy atom. The molecule has 0 aliphatic carbocycles. The van der Waals surface area contributed by atoms with Gasteiger partial charge in [0.25, 0.3) is 10.1 Å². The smallest absolute Gasteiger partial charge is 0.407 e. The second-order valence-corrected chi connectivity index (χ2v) is 40.7. The molecule has 0 bridgehead atoms. The highest BCUT2D eigenvalue weighted by molar-refractivity contribution is 7.98. The molecule has 40 nitrogen and oxygen atoms in total. The van der Waals surface area contributed by atoms with Gasteiger partial charge in [-0.05, 0) is 178 Å². The predicted octanol–water partition coefficient (Wildman–Crippen LogP) is 10.1. The first-order valence-electron chi connectivity index (χ1n) is 49.6. The molecule has 3 aromatic carbocycles. The molecule has 0 saturated carbocycles. The van der Waals surface area contributed by atoms with Gasteiger partial charge in [0.2, 0.25) is 41.1 Å². The van der Waals surface area contributed by atoms with Crippen molar-refractivity contribution in [1.29, 1.82) is 0 Å². The molecule has 7 amide bonds. The molecule has 6 rings (SSSR count). The number of carboxylic acid groups (broad SMARTS) is 5. The van der Waals surface area contributed by atoms with Crippen molar-refractivity contribution in [2.45, 2.75) is 282 Å². The van der Waals surface area contributed by atoms with Crippen molar-refractivity contribution in [3.8, 4) is 0 Å². The number of hydrogen-bond donors (Lipinski definition) is 12. The molecular formula is C105H145N10O30S2+. The molecule has 0 unspecified atom stereocenters. The summed E-state index contributed by atoms with van der Waals surface area (Å²) >= 11 is 1.36. The SMILES string of the molecule is CC[N+]1=C(/C=C/C=C/C=C/C=C2/N(CCCCCC(=O)C[C@H](CCC(=O)O)C(=O)N[C@H](CCC(=O)O)C(=O)C[C@H](CCC(=O)O)C(=O)N[C@H](CCC(=O)O)C(=O)C[C@H](CCC(=O)O)C(=O)N[C@@H](Cc3ccc(/C(C)=N/OCCNC(=O)OCCOC)cc3)C(=O)CCCOCC(=O)N3CCC[C@H]3C(=O)N[C@@H](CC(C)C)C(=O)CCC(=O)N[C@@H](CSC)C(C)=O)c3ccc(S(=O)(=O)O)cc3C2(C)C)C(C)(C)c2cc(C)ccc21. The van der Waals surface area contributed by atoms with E-state index in [1.54, 1.807) is 43.5 Å². The molecule has 0 aromatic heterocycles. The van der Waals surface area contributed by atoms with Crippen LogP contribution in [-0.2, 0) is 128 Å². The molecule has 0 spiro atoms. The maximum atomic E-state index is 14.8. The highest BCUT2D eigenvalue weighted by atomic mass is 32.2. The number of aryl methyl sites for hydroxylation is 1. The fourth-order valence-electron chi connectivity index (χ4n) is 17.7. The van der Waals surface area contributed by atoms with Gasteiger partial charge in [-0.25, -0.2) is 4.79 Å². The van der Waals surface area contributed by atoms with Crippen molar-refractivity contribution in [3.05, 3.63) is 137 Å². The minimum absolute atomic E-state index is 0.0194. The van der Waals surface area contributed by atoms with Crippen LogP contribution < -0.4 is 36.8 Å². The van der Waals surface area contributed by atoms with Crippen LogP contribution in [0.4, 0.5) is 16.2 Å². The summed E-state index contributed by atoms with van der Waals surface area (Å²) in [6, 6.07) is 9.39. The van der Waals surface area contributed by atoms with Gasteiger partial charge in [-0.1, -0.05) is 106 Å². The van der Waals surface area contributed by atoms with Crippen LogP contribution >= 0.6 is 11.8 Å². The third-order valence-electron chi connectivity index (χ3n) is 25.8. The number of unbranched alkanes of at least 4 members (excludes halogenated alkanes) is 2. The molecular weight excluding hydrogens is 1950 g/mol. The lowest BCUT2D eigenvalue weighted by atomic mass is 9.81. The van der Waals surface area contributed by atoms with Crippen LogP contribution in [0.2, 0.25) is 0 Å². The molecule has 1 fully saturated rings. The molecule has 9 atom stereocenters. The lowest BCUT2D eigenvalue weighted by molar-refractivity contribution is -0.433. The number of methoxy groups -OCH3 is 1. The predicted molar refractivity (Wildman–Crippen MR) is 546 cm³/mol. The molecule has 42 heteroatoms. The number of carboxylic acids is 5. The van der Waals surface area contributed by atoms with Crippen molar-refractivity contribution in [2.75, 3.05) is 83.2 Å². The number of alkyl carbamates (subject to hydrolysis) is 1. The number of nitrogens with one attached hydrogen (secondary N) is 6. The van der Waals surface area contributed by atoms with Crippen LogP contribution in [0.1, 0.15) is 244 Å². The monoisotopic (exact) mass is 2090 g/mol. The normalized spacial score (nSPS) is 16.2. The standard InChI is InChI=1S/C105H144N10O30S2/c1-13-113-83-40-29-66(4)57-76(83)104(7,8)90(113)27-19-15-14-16-20-28-91-105(9,10)77-62-75(147(139,140)141)37-41-84(77)114(91)50-21-17-18-24-74(117)59-71(34-44-94(124)125)99(134)108-78(38-47-97(130)131)88(120)60-72(35-45-95(126)127)100(135)109-79(39-48-98(132)133)89(121)61-73(36-46-96(128)129)101(136)110-81(58-69-30-32-70(33-31-69)67(5)112-145-53-49-106-103(138)144-55-54-142-11)86(118)26-23-52-143-63-93(123)115-51-22-25-85(115)102(137)111-80(56-65(2)3)87(119)42-43-92(122)107-82(64-146-12)68(6)116/h14-16,19-20,27-33,37,40-41,57,62,65,71-73,78-82,85H,13,17-18,21-26,34-36,38-39,42-56,58-61,63-64H2,1-12H3,(H11-,106,107,108,109,110,111,122,124,125,126,127,128,129,130,131,132,133,134,135,136,137,138,139,140,141)/p+1/b112-67+/t71-,72-,73-,78+,79+,80-,81-,82-,85-/m0/s1. The van der Waals surface area contributed by atoms with Crippen LogP contribution in [-0.4, -0.2) is 280 Å². The summed E-state index contributed by atoms with van der Waals surface area (Å²) in [7, 11) is -3.16. The first-order chi connectivity index (χ1) is 69.5. The van der Waals surface area contributed by atoms with Gasteiger partial charge in [0.05, 0.1) is 59.4 Å². The summed E-state index contributed by atoms with van der Waals surface area (Å²) in [6.45, 7) is 19.8. The Morgan fingerprint density at radius 3 is 1.72 bits per heavy atom. The van der Waals surface area contributed by atoms with Crippen molar-refractivity contribution in [3.63, 3.8) is 0 Å². The molecule has 1 saturated heterocycles. The summed E-state index contributed by atoms with van der Waals surface area (Å²) in [6.07, 6.45) is 5.97. The van der Waals surface area contributed by atoms with Crippen molar-refractivity contribution in [2.24, 2.45) is 28.8 Å². The van der Waals surface area contributed by atoms with E-state index in [1.807, 2.05) is 69.1 Å². The van der Waals surface area contributed by atoms with Gasteiger partial charge in [0.15, 0.2) is 34.6 Å². The number of amides is 7. The lowest BCUT2D eigenvalue weighted by Gasteiger charge is -2.27. The largest absolute Gasteiger partial charge is 0.481 e. The number of carbonyl (C=O) groups excluding carboxylic acids is 13. The maximum absolute atomic E-state index is 14.8. The number of aliphatic carboxylic acids is 5. The molecule has 0 radical (unpaired) electrons. The molecule has 3 aliphatic heterocycles. The summed E-state index contributed by atoms with van der Waals surface area (Å²) in [4.78, 5) is 250. The van der Waals surface area contributed by atoms with Crippen LogP contribution in [0.15, 0.2) is 119 Å². The number of fused-ring (bicyclic) bond motifs is 2. The molecule has 147 heavy (non-hydrogen) atoms. The number of benzene rings is 3. The fraction of sp³-hybridized carbons (Fsp3) is 0.562. The van der Waals surface area contributed by atoms with Gasteiger partial charge in [0, 0.05) is 162 Å². The highest BCUT2D eigenvalue weighted by Crippen LogP contribution is 2.49. The minimum Gasteiger partial charge on any atom is -0.481 e. The molecule has 12 N–H and O–H groups in total. The number of rotatable bonds is 70. The van der Waals surface area contributed by atoms with E-state index in [0.717, 1.165) is 18.0 Å². The average Bonchev–Trinajstić information content (AvgIpc) is 1.58. The Labute approximate surface area is 861 Å². The minimum atomic E-state index is -4.60. The van der Waals surface area contributed by atoms with E-state index < -0.39 is 260 Å². The second kappa shape index (κ2) is 61.1. The highest BCUT2D eigenvalue weighted by Gasteiger charge is 2.46. The Bertz CT molecular complexity index is 5490.